The van der Waals surface area contributed by atoms with Crippen LogP contribution in [0.3, 0.4) is 0 Å². The predicted molar refractivity (Wildman–Crippen MR) is 97.8 cm³/mol. The fourth-order valence-electron chi connectivity index (χ4n) is 2.28. The van der Waals surface area contributed by atoms with Crippen molar-refractivity contribution in [2.45, 2.75) is 6.42 Å². The van der Waals surface area contributed by atoms with Crippen LogP contribution in [0, 0.1) is 0 Å². The number of likely N-dealkylation sites (N-methyl/N-ethyl adjacent to an activating group) is 1. The fraction of sp³-hybridized carbons (Fsp3) is 0.316. The zero-order valence-electron chi connectivity index (χ0n) is 14.6. The first-order valence-corrected chi connectivity index (χ1v) is 8.24. The second-order valence-electron chi connectivity index (χ2n) is 5.49. The van der Waals surface area contributed by atoms with E-state index in [2.05, 4.69) is 0 Å². The molecule has 25 heavy (non-hydrogen) atoms. The number of ether oxygens (including phenoxy) is 3. The second-order valence-corrected chi connectivity index (χ2v) is 5.92. The average Bonchev–Trinajstić information content (AvgIpc) is 2.61. The Hall–Kier alpha value is -2.40. The molecule has 2 aromatic carbocycles. The molecule has 0 aromatic heterocycles. The molecular formula is C19H22ClNO4. The summed E-state index contributed by atoms with van der Waals surface area (Å²) in [5.74, 6) is 1.94. The smallest absolute Gasteiger partial charge is 0.226 e. The summed E-state index contributed by atoms with van der Waals surface area (Å²) in [6.45, 7) is 0.882. The summed E-state index contributed by atoms with van der Waals surface area (Å²) in [4.78, 5) is 14.0. The van der Waals surface area contributed by atoms with E-state index in [9.17, 15) is 4.79 Å². The number of benzene rings is 2. The van der Waals surface area contributed by atoms with Crippen LogP contribution in [0.15, 0.2) is 42.5 Å². The summed E-state index contributed by atoms with van der Waals surface area (Å²) < 4.78 is 16.1. The van der Waals surface area contributed by atoms with E-state index < -0.39 is 0 Å². The highest BCUT2D eigenvalue weighted by Gasteiger charge is 2.12. The van der Waals surface area contributed by atoms with Gasteiger partial charge in [0.25, 0.3) is 0 Å². The predicted octanol–water partition coefficient (Wildman–Crippen LogP) is 3.44. The van der Waals surface area contributed by atoms with E-state index in [0.29, 0.717) is 35.4 Å². The summed E-state index contributed by atoms with van der Waals surface area (Å²) in [6, 6.07) is 12.6. The van der Waals surface area contributed by atoms with Gasteiger partial charge in [-0.1, -0.05) is 23.7 Å². The maximum absolute atomic E-state index is 12.3. The van der Waals surface area contributed by atoms with Gasteiger partial charge in [0.15, 0.2) is 11.5 Å². The number of methoxy groups -OCH3 is 2. The van der Waals surface area contributed by atoms with Crippen molar-refractivity contribution < 1.29 is 19.0 Å². The molecule has 134 valence electrons. The largest absolute Gasteiger partial charge is 0.493 e. The van der Waals surface area contributed by atoms with Gasteiger partial charge in [-0.25, -0.2) is 0 Å². The van der Waals surface area contributed by atoms with Crippen LogP contribution in [0.1, 0.15) is 5.56 Å². The van der Waals surface area contributed by atoms with Crippen molar-refractivity contribution in [3.05, 3.63) is 53.1 Å². The third kappa shape index (κ3) is 5.57. The Morgan fingerprint density at radius 2 is 1.84 bits per heavy atom. The standard InChI is InChI=1S/C19H22ClNO4/c1-21(9-10-25-16-6-4-5-15(20)13-16)19(22)12-14-7-8-17(23-2)18(11-14)24-3/h4-8,11,13H,9-10,12H2,1-3H3. The summed E-state index contributed by atoms with van der Waals surface area (Å²) in [5.41, 5.74) is 0.866. The Bertz CT molecular complexity index is 720. The minimum Gasteiger partial charge on any atom is -0.493 e. The fourth-order valence-corrected chi connectivity index (χ4v) is 2.46. The third-order valence-electron chi connectivity index (χ3n) is 3.72. The van der Waals surface area contributed by atoms with Gasteiger partial charge in [-0.3, -0.25) is 4.79 Å². The van der Waals surface area contributed by atoms with Crippen molar-refractivity contribution in [2.24, 2.45) is 0 Å². The zero-order valence-corrected chi connectivity index (χ0v) is 15.4. The molecular weight excluding hydrogens is 342 g/mol. The SMILES string of the molecule is COc1ccc(CC(=O)N(C)CCOc2cccc(Cl)c2)cc1OC. The molecule has 2 rings (SSSR count). The highest BCUT2D eigenvalue weighted by Crippen LogP contribution is 2.27. The van der Waals surface area contributed by atoms with Gasteiger partial charge in [0, 0.05) is 12.1 Å². The number of rotatable bonds is 8. The molecule has 6 heteroatoms. The Balaban J connectivity index is 1.85. The molecule has 0 radical (unpaired) electrons. The molecule has 0 spiro atoms. The van der Waals surface area contributed by atoms with Crippen LogP contribution in [-0.2, 0) is 11.2 Å². The quantitative estimate of drug-likeness (QED) is 0.721. The molecule has 0 aliphatic carbocycles. The molecule has 0 unspecified atom stereocenters. The highest BCUT2D eigenvalue weighted by molar-refractivity contribution is 6.30. The van der Waals surface area contributed by atoms with Crippen LogP contribution >= 0.6 is 11.6 Å². The van der Waals surface area contributed by atoms with Gasteiger partial charge in [0.1, 0.15) is 12.4 Å². The van der Waals surface area contributed by atoms with Crippen molar-refractivity contribution in [1.82, 2.24) is 4.90 Å². The van der Waals surface area contributed by atoms with E-state index in [1.54, 1.807) is 44.4 Å². The second kappa shape index (κ2) is 9.18. The van der Waals surface area contributed by atoms with Crippen molar-refractivity contribution in [2.75, 3.05) is 34.4 Å². The van der Waals surface area contributed by atoms with E-state index in [1.807, 2.05) is 24.3 Å². The number of amides is 1. The molecule has 0 saturated heterocycles. The monoisotopic (exact) mass is 363 g/mol. The van der Waals surface area contributed by atoms with Crippen LogP contribution in [0.25, 0.3) is 0 Å². The lowest BCUT2D eigenvalue weighted by molar-refractivity contribution is -0.129. The Labute approximate surface area is 153 Å². The highest BCUT2D eigenvalue weighted by atomic mass is 35.5. The van der Waals surface area contributed by atoms with Gasteiger partial charge >= 0.3 is 0 Å². The molecule has 0 aliphatic heterocycles. The van der Waals surface area contributed by atoms with Gasteiger partial charge in [0.05, 0.1) is 27.2 Å². The van der Waals surface area contributed by atoms with Crippen LogP contribution in [0.4, 0.5) is 0 Å². The first-order valence-electron chi connectivity index (χ1n) is 7.86. The maximum atomic E-state index is 12.3. The number of hydrogen-bond donors (Lipinski definition) is 0. The first kappa shape index (κ1) is 18.9. The Morgan fingerprint density at radius 1 is 1.08 bits per heavy atom. The van der Waals surface area contributed by atoms with Gasteiger partial charge in [-0.15, -0.1) is 0 Å². The van der Waals surface area contributed by atoms with Crippen LogP contribution in [0.2, 0.25) is 5.02 Å². The van der Waals surface area contributed by atoms with Gasteiger partial charge in [-0.2, -0.15) is 0 Å². The molecule has 0 fully saturated rings. The summed E-state index contributed by atoms with van der Waals surface area (Å²) in [6.07, 6.45) is 0.286. The van der Waals surface area contributed by atoms with E-state index in [1.165, 1.54) is 0 Å². The van der Waals surface area contributed by atoms with E-state index in [0.717, 1.165) is 5.56 Å². The van der Waals surface area contributed by atoms with E-state index in [-0.39, 0.29) is 12.3 Å². The average molecular weight is 364 g/mol. The van der Waals surface area contributed by atoms with Crippen LogP contribution < -0.4 is 14.2 Å². The summed E-state index contributed by atoms with van der Waals surface area (Å²) >= 11 is 5.91. The summed E-state index contributed by atoms with van der Waals surface area (Å²) in [5, 5.41) is 0.621. The lowest BCUT2D eigenvalue weighted by Gasteiger charge is -2.18. The normalized spacial score (nSPS) is 10.2. The number of carbonyl (C=O) groups excluding carboxylic acids is 1. The van der Waals surface area contributed by atoms with Crippen LogP contribution in [0.5, 0.6) is 17.2 Å². The van der Waals surface area contributed by atoms with Gasteiger partial charge < -0.3 is 19.1 Å². The van der Waals surface area contributed by atoms with Crippen molar-refractivity contribution >= 4 is 17.5 Å². The van der Waals surface area contributed by atoms with E-state index >= 15 is 0 Å². The summed E-state index contributed by atoms with van der Waals surface area (Å²) in [7, 11) is 4.91. The Morgan fingerprint density at radius 3 is 2.52 bits per heavy atom. The molecule has 0 bridgehead atoms. The lowest BCUT2D eigenvalue weighted by atomic mass is 10.1. The molecule has 0 atom stereocenters. The minimum absolute atomic E-state index is 0.00177. The number of carbonyl (C=O) groups is 1. The maximum Gasteiger partial charge on any atom is 0.226 e. The molecule has 0 N–H and O–H groups in total. The van der Waals surface area contributed by atoms with E-state index in [4.69, 9.17) is 25.8 Å². The lowest BCUT2D eigenvalue weighted by Crippen LogP contribution is -2.32. The molecule has 0 saturated carbocycles. The molecule has 0 heterocycles. The minimum atomic E-state index is 0.00177. The molecule has 1 amide bonds. The number of nitrogens with zero attached hydrogens (tertiary/aromatic N) is 1. The number of hydrogen-bond acceptors (Lipinski definition) is 4. The Kier molecular flexibility index (Phi) is 6.95. The third-order valence-corrected chi connectivity index (χ3v) is 3.96. The van der Waals surface area contributed by atoms with Crippen molar-refractivity contribution in [3.63, 3.8) is 0 Å². The van der Waals surface area contributed by atoms with Crippen LogP contribution in [-0.4, -0.2) is 45.2 Å². The first-order chi connectivity index (χ1) is 12.0. The molecule has 5 nitrogen and oxygen atoms in total. The number of halogens is 1. The molecule has 0 aliphatic rings. The van der Waals surface area contributed by atoms with Crippen molar-refractivity contribution in [1.29, 1.82) is 0 Å². The van der Waals surface area contributed by atoms with Crippen molar-refractivity contribution in [3.8, 4) is 17.2 Å². The topological polar surface area (TPSA) is 48.0 Å². The molecule has 2 aromatic rings. The van der Waals surface area contributed by atoms with Gasteiger partial charge in [-0.05, 0) is 35.9 Å². The van der Waals surface area contributed by atoms with Gasteiger partial charge in [0.2, 0.25) is 5.91 Å². The zero-order chi connectivity index (χ0) is 18.2.